The second-order valence-corrected chi connectivity index (χ2v) is 6.60. The minimum Gasteiger partial charge on any atom is -0.496 e. The molecular weight excluding hydrogens is 362 g/mol. The predicted octanol–water partition coefficient (Wildman–Crippen LogP) is 3.26. The van der Waals surface area contributed by atoms with E-state index in [1.807, 2.05) is 54.6 Å². The Morgan fingerprint density at radius 3 is 2.59 bits per heavy atom. The summed E-state index contributed by atoms with van der Waals surface area (Å²) in [5.41, 5.74) is 2.06. The molecule has 138 valence electrons. The molecule has 0 radical (unpaired) electrons. The largest absolute Gasteiger partial charge is 0.496 e. The smallest absolute Gasteiger partial charge is 0.271 e. The fourth-order valence-corrected chi connectivity index (χ4v) is 3.20. The van der Waals surface area contributed by atoms with Gasteiger partial charge in [0.2, 0.25) is 5.91 Å². The van der Waals surface area contributed by atoms with Crippen LogP contribution in [0.25, 0.3) is 0 Å². The zero-order chi connectivity index (χ0) is 19.1. The van der Waals surface area contributed by atoms with Gasteiger partial charge in [0, 0.05) is 17.5 Å². The molecule has 1 aromatic heterocycles. The summed E-state index contributed by atoms with van der Waals surface area (Å²) in [5, 5.41) is 7.56. The summed E-state index contributed by atoms with van der Waals surface area (Å²) in [5.74, 6) is 0.238. The van der Waals surface area contributed by atoms with Gasteiger partial charge in [0.25, 0.3) is 5.91 Å². The molecule has 1 heterocycles. The zero-order valence-corrected chi connectivity index (χ0v) is 15.6. The van der Waals surface area contributed by atoms with Gasteiger partial charge >= 0.3 is 0 Å². The lowest BCUT2D eigenvalue weighted by Crippen LogP contribution is -2.23. The second-order valence-electron chi connectivity index (χ2n) is 5.74. The van der Waals surface area contributed by atoms with Crippen molar-refractivity contribution in [3.8, 4) is 5.75 Å². The van der Waals surface area contributed by atoms with Crippen LogP contribution in [0, 0.1) is 0 Å². The van der Waals surface area contributed by atoms with Crippen LogP contribution in [0.5, 0.6) is 5.75 Å². The summed E-state index contributed by atoms with van der Waals surface area (Å²) >= 11 is 1.22. The third-order valence-electron chi connectivity index (χ3n) is 3.82. The minimum absolute atomic E-state index is 0.170. The van der Waals surface area contributed by atoms with Gasteiger partial charge in [-0.05, 0) is 11.6 Å². The number of ether oxygens (including phenoxy) is 1. The van der Waals surface area contributed by atoms with Gasteiger partial charge in [-0.15, -0.1) is 11.3 Å². The molecule has 0 spiro atoms. The maximum Gasteiger partial charge on any atom is 0.271 e. The topological polar surface area (TPSA) is 80.3 Å². The van der Waals surface area contributed by atoms with Gasteiger partial charge in [0.15, 0.2) is 5.13 Å². The zero-order valence-electron chi connectivity index (χ0n) is 14.8. The van der Waals surface area contributed by atoms with E-state index >= 15 is 0 Å². The van der Waals surface area contributed by atoms with E-state index in [1.54, 1.807) is 12.5 Å². The lowest BCUT2D eigenvalue weighted by Gasteiger charge is -2.08. The number of carbonyl (C=O) groups is 2. The Morgan fingerprint density at radius 2 is 1.81 bits per heavy atom. The first-order valence-electron chi connectivity index (χ1n) is 8.35. The Balaban J connectivity index is 1.55. The molecule has 0 aliphatic carbocycles. The summed E-state index contributed by atoms with van der Waals surface area (Å²) in [6.45, 7) is 0.329. The molecule has 0 saturated carbocycles. The van der Waals surface area contributed by atoms with E-state index < -0.39 is 0 Å². The number of methoxy groups -OCH3 is 1. The quantitative estimate of drug-likeness (QED) is 0.658. The number of thiazole rings is 1. The van der Waals surface area contributed by atoms with Gasteiger partial charge in [-0.3, -0.25) is 9.59 Å². The molecule has 2 amide bonds. The molecule has 2 aromatic carbocycles. The highest BCUT2D eigenvalue weighted by molar-refractivity contribution is 7.14. The van der Waals surface area contributed by atoms with E-state index in [-0.39, 0.29) is 23.9 Å². The van der Waals surface area contributed by atoms with Crippen LogP contribution in [0.15, 0.2) is 60.0 Å². The number of benzene rings is 2. The SMILES string of the molecule is COc1ccccc1CNC(=O)c1csc(NC(=O)Cc2ccccc2)n1. The molecule has 0 atom stereocenters. The lowest BCUT2D eigenvalue weighted by molar-refractivity contribution is -0.115. The summed E-state index contributed by atoms with van der Waals surface area (Å²) in [7, 11) is 1.59. The Hall–Kier alpha value is -3.19. The van der Waals surface area contributed by atoms with Gasteiger partial charge in [-0.25, -0.2) is 4.98 Å². The molecule has 0 aliphatic heterocycles. The fourth-order valence-electron chi connectivity index (χ4n) is 2.50. The number of rotatable bonds is 7. The Morgan fingerprint density at radius 1 is 1.07 bits per heavy atom. The van der Waals surface area contributed by atoms with E-state index in [2.05, 4.69) is 15.6 Å². The maximum atomic E-state index is 12.3. The molecule has 0 aliphatic rings. The highest BCUT2D eigenvalue weighted by atomic mass is 32.1. The van der Waals surface area contributed by atoms with Crippen LogP contribution in [-0.2, 0) is 17.8 Å². The molecule has 6 nitrogen and oxygen atoms in total. The van der Waals surface area contributed by atoms with Gasteiger partial charge in [-0.1, -0.05) is 48.5 Å². The van der Waals surface area contributed by atoms with Crippen molar-refractivity contribution < 1.29 is 14.3 Å². The van der Waals surface area contributed by atoms with Crippen molar-refractivity contribution in [1.29, 1.82) is 0 Å². The van der Waals surface area contributed by atoms with Crippen LogP contribution in [0.4, 0.5) is 5.13 Å². The standard InChI is InChI=1S/C20H19N3O3S/c1-26-17-10-6-5-9-15(17)12-21-19(25)16-13-27-20(22-16)23-18(24)11-14-7-3-2-4-8-14/h2-10,13H,11-12H2,1H3,(H,21,25)(H,22,23,24). The Labute approximate surface area is 161 Å². The van der Waals surface area contributed by atoms with Gasteiger partial charge in [-0.2, -0.15) is 0 Å². The molecule has 2 N–H and O–H groups in total. The second kappa shape index (κ2) is 8.95. The Kier molecular flexibility index (Phi) is 6.17. The first kappa shape index (κ1) is 18.6. The van der Waals surface area contributed by atoms with Crippen molar-refractivity contribution in [3.05, 3.63) is 76.8 Å². The third kappa shape index (κ3) is 5.15. The van der Waals surface area contributed by atoms with Crippen LogP contribution in [0.2, 0.25) is 0 Å². The summed E-state index contributed by atoms with van der Waals surface area (Å²) in [6.07, 6.45) is 0.260. The van der Waals surface area contributed by atoms with Crippen molar-refractivity contribution in [2.75, 3.05) is 12.4 Å². The molecule has 0 fully saturated rings. The van der Waals surface area contributed by atoms with E-state index in [0.717, 1.165) is 11.1 Å². The van der Waals surface area contributed by atoms with E-state index in [1.165, 1.54) is 11.3 Å². The number of hydrogen-bond acceptors (Lipinski definition) is 5. The average molecular weight is 381 g/mol. The summed E-state index contributed by atoms with van der Waals surface area (Å²) in [6, 6.07) is 16.9. The average Bonchev–Trinajstić information content (AvgIpc) is 3.15. The van der Waals surface area contributed by atoms with Crippen molar-refractivity contribution >= 4 is 28.3 Å². The van der Waals surface area contributed by atoms with Gasteiger partial charge < -0.3 is 15.4 Å². The molecule has 7 heteroatoms. The summed E-state index contributed by atoms with van der Waals surface area (Å²) in [4.78, 5) is 28.6. The lowest BCUT2D eigenvalue weighted by atomic mass is 10.1. The molecule has 3 aromatic rings. The molecule has 0 bridgehead atoms. The van der Waals surface area contributed by atoms with Crippen molar-refractivity contribution in [3.63, 3.8) is 0 Å². The molecule has 27 heavy (non-hydrogen) atoms. The molecule has 0 unspecified atom stereocenters. The Bertz CT molecular complexity index is 925. The summed E-state index contributed by atoms with van der Waals surface area (Å²) < 4.78 is 5.27. The van der Waals surface area contributed by atoms with Crippen molar-refractivity contribution in [2.24, 2.45) is 0 Å². The maximum absolute atomic E-state index is 12.3. The number of amides is 2. The predicted molar refractivity (Wildman–Crippen MR) is 105 cm³/mol. The van der Waals surface area contributed by atoms with E-state index in [0.29, 0.717) is 17.4 Å². The van der Waals surface area contributed by atoms with E-state index in [9.17, 15) is 9.59 Å². The van der Waals surface area contributed by atoms with Crippen molar-refractivity contribution in [2.45, 2.75) is 13.0 Å². The molecule has 3 rings (SSSR count). The minimum atomic E-state index is -0.305. The van der Waals surface area contributed by atoms with Crippen LogP contribution in [0.1, 0.15) is 21.6 Å². The number of para-hydroxylation sites is 1. The normalized spacial score (nSPS) is 10.3. The number of nitrogens with one attached hydrogen (secondary N) is 2. The number of aromatic nitrogens is 1. The first-order valence-corrected chi connectivity index (χ1v) is 9.23. The number of carbonyl (C=O) groups excluding carboxylic acids is 2. The highest BCUT2D eigenvalue weighted by Crippen LogP contribution is 2.18. The van der Waals surface area contributed by atoms with Gasteiger partial charge in [0.05, 0.1) is 13.5 Å². The monoisotopic (exact) mass is 381 g/mol. The van der Waals surface area contributed by atoms with Crippen LogP contribution in [0.3, 0.4) is 0 Å². The van der Waals surface area contributed by atoms with Crippen LogP contribution in [-0.4, -0.2) is 23.9 Å². The molecule has 0 saturated heterocycles. The molecular formula is C20H19N3O3S. The number of hydrogen-bond donors (Lipinski definition) is 2. The first-order chi connectivity index (χ1) is 13.2. The van der Waals surface area contributed by atoms with Crippen LogP contribution < -0.4 is 15.4 Å². The third-order valence-corrected chi connectivity index (χ3v) is 4.58. The number of nitrogens with zero attached hydrogens (tertiary/aromatic N) is 1. The van der Waals surface area contributed by atoms with Gasteiger partial charge in [0.1, 0.15) is 11.4 Å². The highest BCUT2D eigenvalue weighted by Gasteiger charge is 2.13. The van der Waals surface area contributed by atoms with Crippen molar-refractivity contribution in [1.82, 2.24) is 10.3 Å². The number of anilines is 1. The van der Waals surface area contributed by atoms with Crippen LogP contribution >= 0.6 is 11.3 Å². The van der Waals surface area contributed by atoms with E-state index in [4.69, 9.17) is 4.74 Å². The fraction of sp³-hybridized carbons (Fsp3) is 0.150.